The van der Waals surface area contributed by atoms with E-state index in [2.05, 4.69) is 20.9 Å². The van der Waals surface area contributed by atoms with Gasteiger partial charge in [-0.1, -0.05) is 18.2 Å². The molecular weight excluding hydrogens is 400 g/mol. The summed E-state index contributed by atoms with van der Waals surface area (Å²) in [6.45, 7) is 5.35. The number of anilines is 3. The van der Waals surface area contributed by atoms with Crippen molar-refractivity contribution in [3.63, 3.8) is 0 Å². The summed E-state index contributed by atoms with van der Waals surface area (Å²) in [5.41, 5.74) is 3.47. The summed E-state index contributed by atoms with van der Waals surface area (Å²) in [5.74, 6) is -0.515. The Labute approximate surface area is 178 Å². The third-order valence-corrected chi connectivity index (χ3v) is 5.24. The quantitative estimate of drug-likeness (QED) is 0.343. The fourth-order valence-electron chi connectivity index (χ4n) is 2.68. The number of esters is 1. The van der Waals surface area contributed by atoms with Crippen molar-refractivity contribution in [3.8, 4) is 0 Å². The number of nitrogens with zero attached hydrogens (tertiary/aromatic N) is 2. The molecule has 3 rings (SSSR count). The summed E-state index contributed by atoms with van der Waals surface area (Å²) < 4.78 is 5.17. The van der Waals surface area contributed by atoms with E-state index in [0.717, 1.165) is 5.69 Å². The molecule has 30 heavy (non-hydrogen) atoms. The highest BCUT2D eigenvalue weighted by Gasteiger charge is 2.21. The Balaban J connectivity index is 1.92. The highest BCUT2D eigenvalue weighted by molar-refractivity contribution is 7.18. The first kappa shape index (κ1) is 21.2. The number of hydrogen-bond donors (Lipinski definition) is 2. The number of hydrogen-bond acceptors (Lipinski definition) is 7. The maximum Gasteiger partial charge on any atom is 0.348 e. The molecule has 0 saturated heterocycles. The Morgan fingerprint density at radius 1 is 1.00 bits per heavy atom. The molecular formula is C22H22N4O3S. The zero-order valence-corrected chi connectivity index (χ0v) is 17.7. The number of azo groups is 1. The Kier molecular flexibility index (Phi) is 6.92. The molecule has 8 heteroatoms. The van der Waals surface area contributed by atoms with Crippen LogP contribution in [-0.2, 0) is 9.53 Å². The van der Waals surface area contributed by atoms with Crippen LogP contribution in [0.4, 0.5) is 27.8 Å². The number of carbonyl (C=O) groups excluding carboxylic acids is 2. The second kappa shape index (κ2) is 9.80. The van der Waals surface area contributed by atoms with Gasteiger partial charge >= 0.3 is 5.97 Å². The highest BCUT2D eigenvalue weighted by atomic mass is 32.1. The number of para-hydroxylation sites is 1. The molecule has 0 aliphatic rings. The lowest BCUT2D eigenvalue weighted by Gasteiger charge is -2.04. The van der Waals surface area contributed by atoms with Gasteiger partial charge in [0.2, 0.25) is 5.91 Å². The van der Waals surface area contributed by atoms with Crippen molar-refractivity contribution in [2.75, 3.05) is 17.2 Å². The van der Waals surface area contributed by atoms with Crippen molar-refractivity contribution in [2.45, 2.75) is 20.8 Å². The molecule has 0 radical (unpaired) electrons. The number of nitrogens with one attached hydrogen (secondary N) is 2. The van der Waals surface area contributed by atoms with Crippen molar-refractivity contribution in [2.24, 2.45) is 10.2 Å². The smallest absolute Gasteiger partial charge is 0.348 e. The summed E-state index contributed by atoms with van der Waals surface area (Å²) in [7, 11) is 0. The third-order valence-electron chi connectivity index (χ3n) is 4.06. The monoisotopic (exact) mass is 422 g/mol. The van der Waals surface area contributed by atoms with Gasteiger partial charge in [-0.25, -0.2) is 4.79 Å². The number of amides is 1. The van der Waals surface area contributed by atoms with Crippen LogP contribution in [0.15, 0.2) is 64.8 Å². The van der Waals surface area contributed by atoms with Gasteiger partial charge in [-0.05, 0) is 50.2 Å². The van der Waals surface area contributed by atoms with Crippen LogP contribution >= 0.6 is 11.3 Å². The second-order valence-electron chi connectivity index (χ2n) is 6.37. The first-order chi connectivity index (χ1) is 14.5. The standard InChI is InChI=1S/C22H22N4O3S/c1-4-29-22(28)20-14(2)19(21(30-20)24-16-8-6-5-7-9-16)26-25-18-12-10-17(11-13-18)23-15(3)27/h5-13,24H,4H2,1-3H3,(H,23,27). The van der Waals surface area contributed by atoms with E-state index in [1.807, 2.05) is 37.3 Å². The number of carbonyl (C=O) groups is 2. The summed E-state index contributed by atoms with van der Waals surface area (Å²) in [6.07, 6.45) is 0. The molecule has 2 N–H and O–H groups in total. The Bertz CT molecular complexity index is 1060. The number of benzene rings is 2. The minimum atomic E-state index is -0.378. The van der Waals surface area contributed by atoms with E-state index in [4.69, 9.17) is 4.74 Å². The zero-order valence-electron chi connectivity index (χ0n) is 16.9. The Morgan fingerprint density at radius 3 is 2.33 bits per heavy atom. The molecule has 2 aromatic carbocycles. The van der Waals surface area contributed by atoms with Crippen LogP contribution in [0, 0.1) is 6.92 Å². The normalized spacial score (nSPS) is 10.8. The lowest BCUT2D eigenvalue weighted by Crippen LogP contribution is -2.04. The minimum Gasteiger partial charge on any atom is -0.462 e. The van der Waals surface area contributed by atoms with E-state index in [1.165, 1.54) is 18.3 Å². The van der Waals surface area contributed by atoms with Gasteiger partial charge in [-0.2, -0.15) is 5.11 Å². The summed E-state index contributed by atoms with van der Waals surface area (Å²) in [4.78, 5) is 24.0. The van der Waals surface area contributed by atoms with Gasteiger partial charge in [0.1, 0.15) is 15.6 Å². The molecule has 0 unspecified atom stereocenters. The summed E-state index contributed by atoms with van der Waals surface area (Å²) in [6, 6.07) is 16.7. The van der Waals surface area contributed by atoms with E-state index in [0.29, 0.717) is 39.1 Å². The lowest BCUT2D eigenvalue weighted by molar-refractivity contribution is -0.114. The largest absolute Gasteiger partial charge is 0.462 e. The van der Waals surface area contributed by atoms with Crippen LogP contribution in [0.1, 0.15) is 29.1 Å². The molecule has 0 saturated carbocycles. The maximum absolute atomic E-state index is 12.3. The fourth-order valence-corrected chi connectivity index (χ4v) is 3.73. The first-order valence-corrected chi connectivity index (χ1v) is 10.2. The zero-order chi connectivity index (χ0) is 21.5. The van der Waals surface area contributed by atoms with Gasteiger partial charge in [-0.15, -0.1) is 16.5 Å². The Hall–Kier alpha value is -3.52. The average Bonchev–Trinajstić information content (AvgIpc) is 3.03. The average molecular weight is 423 g/mol. The predicted molar refractivity (Wildman–Crippen MR) is 120 cm³/mol. The fraction of sp³-hybridized carbons (Fsp3) is 0.182. The molecule has 0 aliphatic carbocycles. The maximum atomic E-state index is 12.3. The number of thiophene rings is 1. The van der Waals surface area contributed by atoms with Crippen LogP contribution < -0.4 is 10.6 Å². The summed E-state index contributed by atoms with van der Waals surface area (Å²) in [5, 5.41) is 15.4. The van der Waals surface area contributed by atoms with Crippen LogP contribution in [0.25, 0.3) is 0 Å². The lowest BCUT2D eigenvalue weighted by atomic mass is 10.2. The van der Waals surface area contributed by atoms with Gasteiger partial charge in [-0.3, -0.25) is 4.79 Å². The number of ether oxygens (including phenoxy) is 1. The molecule has 0 bridgehead atoms. The van der Waals surface area contributed by atoms with Gasteiger partial charge in [0.05, 0.1) is 12.3 Å². The molecule has 0 aliphatic heterocycles. The van der Waals surface area contributed by atoms with E-state index in [9.17, 15) is 9.59 Å². The van der Waals surface area contributed by atoms with E-state index >= 15 is 0 Å². The van der Waals surface area contributed by atoms with E-state index < -0.39 is 0 Å². The van der Waals surface area contributed by atoms with Crippen molar-refractivity contribution in [3.05, 3.63) is 65.0 Å². The molecule has 0 spiro atoms. The molecule has 1 amide bonds. The second-order valence-corrected chi connectivity index (χ2v) is 7.39. The van der Waals surface area contributed by atoms with Crippen LogP contribution in [0.2, 0.25) is 0 Å². The number of rotatable bonds is 7. The molecule has 0 fully saturated rings. The third kappa shape index (κ3) is 5.30. The van der Waals surface area contributed by atoms with Crippen molar-refractivity contribution < 1.29 is 14.3 Å². The van der Waals surface area contributed by atoms with Crippen LogP contribution in [-0.4, -0.2) is 18.5 Å². The molecule has 7 nitrogen and oxygen atoms in total. The molecule has 3 aromatic rings. The van der Waals surface area contributed by atoms with Gasteiger partial charge in [0, 0.05) is 23.9 Å². The van der Waals surface area contributed by atoms with Crippen molar-refractivity contribution >= 4 is 51.0 Å². The van der Waals surface area contributed by atoms with Crippen molar-refractivity contribution in [1.29, 1.82) is 0 Å². The van der Waals surface area contributed by atoms with Crippen LogP contribution in [0.3, 0.4) is 0 Å². The van der Waals surface area contributed by atoms with Gasteiger partial charge in [0.25, 0.3) is 0 Å². The van der Waals surface area contributed by atoms with E-state index in [-0.39, 0.29) is 11.9 Å². The van der Waals surface area contributed by atoms with Gasteiger partial charge in [0.15, 0.2) is 0 Å². The topological polar surface area (TPSA) is 92.2 Å². The predicted octanol–water partition coefficient (Wildman–Crippen LogP) is 6.35. The Morgan fingerprint density at radius 2 is 1.70 bits per heavy atom. The summed E-state index contributed by atoms with van der Waals surface area (Å²) >= 11 is 1.29. The highest BCUT2D eigenvalue weighted by Crippen LogP contribution is 2.42. The first-order valence-electron chi connectivity index (χ1n) is 9.40. The van der Waals surface area contributed by atoms with Crippen LogP contribution in [0.5, 0.6) is 0 Å². The van der Waals surface area contributed by atoms with Gasteiger partial charge < -0.3 is 15.4 Å². The minimum absolute atomic E-state index is 0.138. The SMILES string of the molecule is CCOC(=O)c1sc(Nc2ccccc2)c(N=Nc2ccc(NC(C)=O)cc2)c1C. The molecule has 1 heterocycles. The van der Waals surface area contributed by atoms with Crippen molar-refractivity contribution in [1.82, 2.24) is 0 Å². The molecule has 1 aromatic heterocycles. The molecule has 154 valence electrons. The van der Waals surface area contributed by atoms with E-state index in [1.54, 1.807) is 31.2 Å². The molecule has 0 atom stereocenters.